The van der Waals surface area contributed by atoms with Gasteiger partial charge in [-0.05, 0) is 60.2 Å². The number of carboxylic acids is 1. The van der Waals surface area contributed by atoms with E-state index in [0.29, 0.717) is 0 Å². The molecule has 2 aromatic carbocycles. The fourth-order valence-electron chi connectivity index (χ4n) is 3.97. The van der Waals surface area contributed by atoms with Crippen molar-refractivity contribution < 1.29 is 27.8 Å². The van der Waals surface area contributed by atoms with Crippen LogP contribution in [0.15, 0.2) is 73.2 Å². The van der Waals surface area contributed by atoms with Gasteiger partial charge in [0.1, 0.15) is 11.9 Å². The van der Waals surface area contributed by atoms with Gasteiger partial charge in [-0.25, -0.2) is 4.79 Å². The summed E-state index contributed by atoms with van der Waals surface area (Å²) in [5.74, 6) is -1.80. The highest BCUT2D eigenvalue weighted by atomic mass is 19.4. The van der Waals surface area contributed by atoms with Crippen LogP contribution < -0.4 is 4.74 Å². The molecule has 4 aromatic rings. The first-order chi connectivity index (χ1) is 16.8. The lowest BCUT2D eigenvalue weighted by Crippen LogP contribution is -2.37. The summed E-state index contributed by atoms with van der Waals surface area (Å²) in [6.45, 7) is 3.05. The first-order valence-corrected chi connectivity index (χ1v) is 11.1. The number of hydrogen-bond acceptors (Lipinski definition) is 5. The molecule has 0 amide bonds. The molecule has 35 heavy (non-hydrogen) atoms. The van der Waals surface area contributed by atoms with Gasteiger partial charge in [0.15, 0.2) is 0 Å². The highest BCUT2D eigenvalue weighted by Gasteiger charge is 2.38. The summed E-state index contributed by atoms with van der Waals surface area (Å²) >= 11 is 0. The van der Waals surface area contributed by atoms with E-state index in [1.807, 2.05) is 30.7 Å². The average molecular weight is 483 g/mol. The minimum atomic E-state index is -5.08. The molecule has 0 radical (unpaired) electrons. The number of aliphatic carboxylic acids is 1. The standard InChI is InChI=1S/C24H23N3O.C2HF3O2/c1-2-4-24-20(3-1)13-18(15-26-24)17-27-11-8-22(9-12-27)28-23-6-5-21-16-25-10-7-19(21)14-23;3-2(4,5)1(6)7/h1-7,10,13-16,22H,8-9,11-12,17H2;(H,6,7). The third kappa shape index (κ3) is 6.66. The number of nitrogens with zero attached hydrogens (tertiary/aromatic N) is 3. The van der Waals surface area contributed by atoms with E-state index in [4.69, 9.17) is 14.6 Å². The van der Waals surface area contributed by atoms with Crippen molar-refractivity contribution in [3.8, 4) is 5.75 Å². The Bertz CT molecular complexity index is 1220. The molecule has 0 spiro atoms. The Kier molecular flexibility index (Phi) is 7.45. The van der Waals surface area contributed by atoms with Crippen LogP contribution in [0.5, 0.6) is 5.75 Å². The Labute approximate surface area is 200 Å². The summed E-state index contributed by atoms with van der Waals surface area (Å²) in [6, 6.07) is 18.8. The Morgan fingerprint density at radius 2 is 1.74 bits per heavy atom. The number of piperidine rings is 1. The third-order valence-corrected chi connectivity index (χ3v) is 5.75. The second-order valence-electron chi connectivity index (χ2n) is 8.32. The first-order valence-electron chi connectivity index (χ1n) is 11.1. The van der Waals surface area contributed by atoms with Crippen molar-refractivity contribution in [2.45, 2.75) is 31.7 Å². The Hall–Kier alpha value is -3.72. The van der Waals surface area contributed by atoms with Crippen LogP contribution in [-0.4, -0.2) is 51.3 Å². The van der Waals surface area contributed by atoms with Crippen LogP contribution >= 0.6 is 0 Å². The minimum Gasteiger partial charge on any atom is -0.490 e. The van der Waals surface area contributed by atoms with Crippen LogP contribution in [0, 0.1) is 0 Å². The Balaban J connectivity index is 0.000000364. The molecule has 2 aromatic heterocycles. The highest BCUT2D eigenvalue weighted by Crippen LogP contribution is 2.24. The van der Waals surface area contributed by atoms with Crippen LogP contribution in [0.3, 0.4) is 0 Å². The lowest BCUT2D eigenvalue weighted by Gasteiger charge is -2.32. The number of rotatable bonds is 4. The Morgan fingerprint density at radius 3 is 2.49 bits per heavy atom. The molecule has 3 heterocycles. The summed E-state index contributed by atoms with van der Waals surface area (Å²) in [5.41, 5.74) is 2.34. The van der Waals surface area contributed by atoms with E-state index in [9.17, 15) is 13.2 Å². The van der Waals surface area contributed by atoms with Crippen LogP contribution in [0.1, 0.15) is 18.4 Å². The molecule has 1 fully saturated rings. The largest absolute Gasteiger partial charge is 0.490 e. The van der Waals surface area contributed by atoms with Crippen molar-refractivity contribution in [1.29, 1.82) is 0 Å². The quantitative estimate of drug-likeness (QED) is 0.416. The predicted octanol–water partition coefficient (Wildman–Crippen LogP) is 5.46. The van der Waals surface area contributed by atoms with Crippen LogP contribution in [-0.2, 0) is 11.3 Å². The van der Waals surface area contributed by atoms with Gasteiger partial charge < -0.3 is 9.84 Å². The predicted molar refractivity (Wildman–Crippen MR) is 126 cm³/mol. The molecule has 1 aliphatic rings. The number of para-hydroxylation sites is 1. The lowest BCUT2D eigenvalue weighted by molar-refractivity contribution is -0.192. The normalized spacial score (nSPS) is 14.9. The van der Waals surface area contributed by atoms with Crippen LogP contribution in [0.2, 0.25) is 0 Å². The summed E-state index contributed by atoms with van der Waals surface area (Å²) in [4.78, 5) is 20.1. The molecule has 182 valence electrons. The van der Waals surface area contributed by atoms with Crippen molar-refractivity contribution in [3.63, 3.8) is 0 Å². The first kappa shape index (κ1) is 24.4. The molecule has 0 saturated carbocycles. The van der Waals surface area contributed by atoms with Crippen molar-refractivity contribution in [3.05, 3.63) is 78.8 Å². The number of likely N-dealkylation sites (tertiary alicyclic amines) is 1. The third-order valence-electron chi connectivity index (χ3n) is 5.75. The van der Waals surface area contributed by atoms with E-state index >= 15 is 0 Å². The van der Waals surface area contributed by atoms with E-state index in [0.717, 1.165) is 49.1 Å². The lowest BCUT2D eigenvalue weighted by atomic mass is 10.1. The smallest absolute Gasteiger partial charge is 0.490 e. The number of hydrogen-bond donors (Lipinski definition) is 1. The van der Waals surface area contributed by atoms with Gasteiger partial charge in [-0.2, -0.15) is 13.2 Å². The zero-order chi connectivity index (χ0) is 24.8. The van der Waals surface area contributed by atoms with Gasteiger partial charge in [-0.15, -0.1) is 0 Å². The topological polar surface area (TPSA) is 75.5 Å². The van der Waals surface area contributed by atoms with Gasteiger partial charge in [0, 0.05) is 49.0 Å². The monoisotopic (exact) mass is 483 g/mol. The number of pyridine rings is 2. The van der Waals surface area contributed by atoms with Gasteiger partial charge in [0.05, 0.1) is 5.52 Å². The van der Waals surface area contributed by atoms with E-state index < -0.39 is 12.1 Å². The molecule has 0 unspecified atom stereocenters. The van der Waals surface area contributed by atoms with Crippen molar-refractivity contribution in [2.24, 2.45) is 0 Å². The fraction of sp³-hybridized carbons (Fsp3) is 0.269. The molecule has 0 bridgehead atoms. The molecule has 1 saturated heterocycles. The van der Waals surface area contributed by atoms with Crippen molar-refractivity contribution >= 4 is 27.6 Å². The maximum Gasteiger partial charge on any atom is 0.490 e. The zero-order valence-corrected chi connectivity index (χ0v) is 18.8. The SMILES string of the molecule is O=C(O)C(F)(F)F.c1ccc2ncc(CN3CCC(Oc4ccc5cnccc5c4)CC3)cc2c1. The summed E-state index contributed by atoms with van der Waals surface area (Å²) in [6.07, 6.45) is 3.02. The van der Waals surface area contributed by atoms with E-state index in [2.05, 4.69) is 57.3 Å². The maximum absolute atomic E-state index is 10.6. The number of carbonyl (C=O) groups is 1. The maximum atomic E-state index is 10.6. The fourth-order valence-corrected chi connectivity index (χ4v) is 3.97. The second-order valence-corrected chi connectivity index (χ2v) is 8.32. The molecule has 1 aliphatic heterocycles. The molecule has 5 rings (SSSR count). The summed E-state index contributed by atoms with van der Waals surface area (Å²) < 4.78 is 38.0. The number of aromatic nitrogens is 2. The van der Waals surface area contributed by atoms with E-state index in [1.54, 1.807) is 0 Å². The number of carboxylic acid groups (broad SMARTS) is 1. The minimum absolute atomic E-state index is 0.283. The average Bonchev–Trinajstić information content (AvgIpc) is 2.85. The zero-order valence-electron chi connectivity index (χ0n) is 18.8. The molecular weight excluding hydrogens is 459 g/mol. The number of benzene rings is 2. The number of fused-ring (bicyclic) bond motifs is 2. The van der Waals surface area contributed by atoms with E-state index in [1.165, 1.54) is 16.3 Å². The second kappa shape index (κ2) is 10.7. The summed E-state index contributed by atoms with van der Waals surface area (Å²) in [5, 5.41) is 10.7. The van der Waals surface area contributed by atoms with Crippen LogP contribution in [0.25, 0.3) is 21.7 Å². The number of ether oxygens (including phenoxy) is 1. The number of halogens is 3. The van der Waals surface area contributed by atoms with Gasteiger partial charge in [0.25, 0.3) is 0 Å². The van der Waals surface area contributed by atoms with Gasteiger partial charge >= 0.3 is 12.1 Å². The van der Waals surface area contributed by atoms with Crippen molar-refractivity contribution in [2.75, 3.05) is 13.1 Å². The number of alkyl halides is 3. The van der Waals surface area contributed by atoms with Gasteiger partial charge in [-0.1, -0.05) is 18.2 Å². The Morgan fingerprint density at radius 1 is 1.00 bits per heavy atom. The summed E-state index contributed by atoms with van der Waals surface area (Å²) in [7, 11) is 0. The molecule has 9 heteroatoms. The molecule has 0 atom stereocenters. The van der Waals surface area contributed by atoms with Crippen molar-refractivity contribution in [1.82, 2.24) is 14.9 Å². The molecule has 6 nitrogen and oxygen atoms in total. The molecule has 0 aliphatic carbocycles. The molecule has 1 N–H and O–H groups in total. The van der Waals surface area contributed by atoms with Gasteiger partial charge in [-0.3, -0.25) is 14.9 Å². The molecular formula is C26H24F3N3O3. The van der Waals surface area contributed by atoms with Crippen LogP contribution in [0.4, 0.5) is 13.2 Å². The van der Waals surface area contributed by atoms with Gasteiger partial charge in [0.2, 0.25) is 0 Å². The highest BCUT2D eigenvalue weighted by molar-refractivity contribution is 5.82. The van der Waals surface area contributed by atoms with E-state index in [-0.39, 0.29) is 6.10 Å².